The highest BCUT2D eigenvalue weighted by molar-refractivity contribution is 8.01. The summed E-state index contributed by atoms with van der Waals surface area (Å²) < 4.78 is 9.90. The number of carbonyl (C=O) groups is 2. The van der Waals surface area contributed by atoms with Crippen LogP contribution in [-0.2, 0) is 14.3 Å². The molecule has 1 aromatic rings. The number of fused-ring (bicyclic) bond motifs is 1. The Hall–Kier alpha value is -1.20. The van der Waals surface area contributed by atoms with E-state index in [1.807, 2.05) is 0 Å². The van der Waals surface area contributed by atoms with E-state index in [0.717, 1.165) is 11.8 Å². The molecule has 0 aliphatic carbocycles. The van der Waals surface area contributed by atoms with E-state index in [1.54, 1.807) is 18.2 Å². The smallest absolute Gasteiger partial charge is 0.326 e. The van der Waals surface area contributed by atoms with Crippen molar-refractivity contribution >= 4 is 35.1 Å². The number of rotatable bonds is 1. The van der Waals surface area contributed by atoms with E-state index in [4.69, 9.17) is 16.3 Å². The summed E-state index contributed by atoms with van der Waals surface area (Å²) in [5.41, 5.74) is 0. The molecule has 1 aromatic carbocycles. The summed E-state index contributed by atoms with van der Waals surface area (Å²) in [6, 6.07) is 5.01. The molecule has 1 heterocycles. The average molecular weight is 273 g/mol. The number of ketones is 1. The Morgan fingerprint density at radius 3 is 3.06 bits per heavy atom. The highest BCUT2D eigenvalue weighted by Gasteiger charge is 2.32. The number of methoxy groups -OCH3 is 1. The molecule has 0 saturated heterocycles. The van der Waals surface area contributed by atoms with Crippen molar-refractivity contribution in [3.63, 3.8) is 0 Å². The van der Waals surface area contributed by atoms with Crippen molar-refractivity contribution in [3.05, 3.63) is 23.2 Å². The lowest BCUT2D eigenvalue weighted by Crippen LogP contribution is -2.30. The molecular formula is C11H9ClO4S. The highest BCUT2D eigenvalue weighted by atomic mass is 35.5. The third kappa shape index (κ3) is 2.56. The third-order valence-corrected chi connectivity index (χ3v) is 3.73. The second kappa shape index (κ2) is 4.98. The van der Waals surface area contributed by atoms with Crippen molar-refractivity contribution in [2.24, 2.45) is 0 Å². The van der Waals surface area contributed by atoms with Gasteiger partial charge in [-0.25, -0.2) is 0 Å². The summed E-state index contributed by atoms with van der Waals surface area (Å²) in [7, 11) is 1.25. The monoisotopic (exact) mass is 272 g/mol. The number of carbonyl (C=O) groups excluding carboxylic acids is 2. The summed E-state index contributed by atoms with van der Waals surface area (Å²) in [6.45, 7) is -0.138. The van der Waals surface area contributed by atoms with Gasteiger partial charge in [-0.2, -0.15) is 0 Å². The van der Waals surface area contributed by atoms with Gasteiger partial charge in [-0.05, 0) is 18.2 Å². The van der Waals surface area contributed by atoms with Crippen LogP contribution in [0.5, 0.6) is 5.75 Å². The van der Waals surface area contributed by atoms with E-state index >= 15 is 0 Å². The van der Waals surface area contributed by atoms with Gasteiger partial charge in [-0.1, -0.05) is 23.4 Å². The number of halogens is 1. The molecule has 0 aromatic heterocycles. The summed E-state index contributed by atoms with van der Waals surface area (Å²) in [5, 5.41) is -0.363. The molecule has 0 amide bonds. The van der Waals surface area contributed by atoms with Gasteiger partial charge in [0, 0.05) is 5.02 Å². The molecule has 0 radical (unpaired) electrons. The van der Waals surface area contributed by atoms with Crippen LogP contribution in [0.25, 0.3) is 0 Å². The van der Waals surface area contributed by atoms with Crippen LogP contribution in [0.1, 0.15) is 0 Å². The first-order chi connectivity index (χ1) is 8.11. The van der Waals surface area contributed by atoms with E-state index in [1.165, 1.54) is 7.11 Å². The van der Waals surface area contributed by atoms with E-state index in [9.17, 15) is 9.59 Å². The predicted molar refractivity (Wildman–Crippen MR) is 63.6 cm³/mol. The molecule has 1 unspecified atom stereocenters. The van der Waals surface area contributed by atoms with Crippen molar-refractivity contribution in [3.8, 4) is 5.75 Å². The Kier molecular flexibility index (Phi) is 3.59. The molecule has 0 bridgehead atoms. The highest BCUT2D eigenvalue weighted by Crippen LogP contribution is 2.37. The molecule has 4 nitrogen and oxygen atoms in total. The summed E-state index contributed by atoms with van der Waals surface area (Å²) in [4.78, 5) is 23.8. The van der Waals surface area contributed by atoms with Crippen LogP contribution in [0.15, 0.2) is 23.1 Å². The molecule has 2 rings (SSSR count). The van der Waals surface area contributed by atoms with Gasteiger partial charge in [0.15, 0.2) is 11.0 Å². The van der Waals surface area contributed by atoms with Crippen molar-refractivity contribution in [1.29, 1.82) is 0 Å². The fourth-order valence-electron chi connectivity index (χ4n) is 1.40. The van der Waals surface area contributed by atoms with Crippen LogP contribution in [0, 0.1) is 0 Å². The van der Waals surface area contributed by atoms with Crippen molar-refractivity contribution in [2.45, 2.75) is 10.1 Å². The minimum Gasteiger partial charge on any atom is -0.485 e. The summed E-state index contributed by atoms with van der Waals surface area (Å²) >= 11 is 6.96. The van der Waals surface area contributed by atoms with Crippen LogP contribution in [0.4, 0.5) is 0 Å². The van der Waals surface area contributed by atoms with Crippen molar-refractivity contribution in [2.75, 3.05) is 13.7 Å². The quantitative estimate of drug-likeness (QED) is 0.578. The zero-order valence-electron chi connectivity index (χ0n) is 8.94. The number of benzene rings is 1. The van der Waals surface area contributed by atoms with Crippen LogP contribution >= 0.6 is 23.4 Å². The fourth-order valence-corrected chi connectivity index (χ4v) is 2.72. The number of esters is 1. The largest absolute Gasteiger partial charge is 0.485 e. The molecule has 1 aliphatic rings. The number of thioether (sulfide) groups is 1. The van der Waals surface area contributed by atoms with E-state index in [-0.39, 0.29) is 12.4 Å². The van der Waals surface area contributed by atoms with Gasteiger partial charge in [0.1, 0.15) is 12.4 Å². The lowest BCUT2D eigenvalue weighted by atomic mass is 10.3. The topological polar surface area (TPSA) is 52.6 Å². The van der Waals surface area contributed by atoms with Gasteiger partial charge >= 0.3 is 5.97 Å². The molecule has 0 spiro atoms. The van der Waals surface area contributed by atoms with Gasteiger partial charge in [0.05, 0.1) is 12.0 Å². The van der Waals surface area contributed by atoms with Gasteiger partial charge in [0.2, 0.25) is 0 Å². The van der Waals surface area contributed by atoms with E-state index in [2.05, 4.69) is 4.74 Å². The zero-order valence-corrected chi connectivity index (χ0v) is 10.5. The van der Waals surface area contributed by atoms with Gasteiger partial charge in [-0.3, -0.25) is 9.59 Å². The standard InChI is InChI=1S/C11H9ClO4S/c1-15-11(14)10-7(13)5-16-8-3-2-6(12)4-9(8)17-10/h2-4,10H,5H2,1H3. The number of ether oxygens (including phenoxy) is 2. The average Bonchev–Trinajstić information content (AvgIpc) is 2.48. The molecule has 1 atom stereocenters. The maximum Gasteiger partial charge on any atom is 0.326 e. The van der Waals surface area contributed by atoms with Gasteiger partial charge in [-0.15, -0.1) is 0 Å². The Balaban J connectivity index is 2.35. The molecular weight excluding hydrogens is 264 g/mol. The predicted octanol–water partition coefficient (Wildman–Crippen LogP) is 1.94. The number of hydrogen-bond acceptors (Lipinski definition) is 5. The van der Waals surface area contributed by atoms with Crippen LogP contribution < -0.4 is 4.74 Å². The first-order valence-electron chi connectivity index (χ1n) is 4.81. The fraction of sp³-hybridized carbons (Fsp3) is 0.273. The molecule has 0 N–H and O–H groups in total. The van der Waals surface area contributed by atoms with E-state index < -0.39 is 11.2 Å². The van der Waals surface area contributed by atoms with Crippen LogP contribution in [-0.4, -0.2) is 30.7 Å². The normalized spacial score (nSPS) is 18.9. The Morgan fingerprint density at radius 1 is 1.59 bits per heavy atom. The molecule has 0 saturated carbocycles. The maximum absolute atomic E-state index is 11.7. The first-order valence-corrected chi connectivity index (χ1v) is 6.07. The minimum absolute atomic E-state index is 0.138. The van der Waals surface area contributed by atoms with Crippen molar-refractivity contribution < 1.29 is 19.1 Å². The molecule has 17 heavy (non-hydrogen) atoms. The Labute approximate surface area is 107 Å². The lowest BCUT2D eigenvalue weighted by molar-refractivity contribution is -0.142. The van der Waals surface area contributed by atoms with Crippen molar-refractivity contribution in [1.82, 2.24) is 0 Å². The second-order valence-electron chi connectivity index (χ2n) is 3.37. The SMILES string of the molecule is COC(=O)C1Sc2cc(Cl)ccc2OCC1=O. The zero-order chi connectivity index (χ0) is 12.4. The maximum atomic E-state index is 11.7. The molecule has 90 valence electrons. The third-order valence-electron chi connectivity index (χ3n) is 2.23. The van der Waals surface area contributed by atoms with E-state index in [0.29, 0.717) is 15.7 Å². The minimum atomic E-state index is -0.889. The number of Topliss-reactive ketones (excluding diaryl/α,β-unsaturated/α-hetero) is 1. The Morgan fingerprint density at radius 2 is 2.35 bits per heavy atom. The second-order valence-corrected chi connectivity index (χ2v) is 4.95. The van der Waals surface area contributed by atoms with Gasteiger partial charge in [0.25, 0.3) is 0 Å². The molecule has 1 aliphatic heterocycles. The Bertz CT molecular complexity index is 475. The lowest BCUT2D eigenvalue weighted by Gasteiger charge is -2.09. The molecule has 6 heteroatoms. The number of hydrogen-bond donors (Lipinski definition) is 0. The van der Waals surface area contributed by atoms with Gasteiger partial charge < -0.3 is 9.47 Å². The first kappa shape index (κ1) is 12.3. The molecule has 0 fully saturated rings. The van der Waals surface area contributed by atoms with Crippen LogP contribution in [0.2, 0.25) is 5.02 Å². The summed E-state index contributed by atoms with van der Waals surface area (Å²) in [5.74, 6) is -0.329. The van der Waals surface area contributed by atoms with Crippen LogP contribution in [0.3, 0.4) is 0 Å². The summed E-state index contributed by atoms with van der Waals surface area (Å²) in [6.07, 6.45) is 0.